The predicted molar refractivity (Wildman–Crippen MR) is 119 cm³/mol. The van der Waals surface area contributed by atoms with Crippen LogP contribution in [0, 0.1) is 0 Å². The van der Waals surface area contributed by atoms with Crippen LogP contribution in [0.2, 0.25) is 5.02 Å². The monoisotopic (exact) mass is 438 g/mol. The van der Waals surface area contributed by atoms with Crippen LogP contribution in [0.5, 0.6) is 11.6 Å². The number of anilines is 1. The first-order valence-electron chi connectivity index (χ1n) is 10.1. The van der Waals surface area contributed by atoms with E-state index in [0.717, 1.165) is 17.8 Å². The zero-order valence-corrected chi connectivity index (χ0v) is 17.7. The lowest BCUT2D eigenvalue weighted by Gasteiger charge is -2.34. The SMILES string of the molecule is O=C(Oc1ccc(CCOc2ccccn2)cc1)N1CCN(c2ccc(Cl)cn2)CC1. The number of amides is 1. The van der Waals surface area contributed by atoms with Gasteiger partial charge in [0.1, 0.15) is 11.6 Å². The molecule has 1 saturated heterocycles. The highest BCUT2D eigenvalue weighted by Crippen LogP contribution is 2.18. The van der Waals surface area contributed by atoms with Crippen molar-refractivity contribution in [2.24, 2.45) is 0 Å². The molecule has 1 aliphatic heterocycles. The van der Waals surface area contributed by atoms with Crippen LogP contribution in [0.3, 0.4) is 0 Å². The third kappa shape index (κ3) is 5.86. The summed E-state index contributed by atoms with van der Waals surface area (Å²) in [6.45, 7) is 3.07. The third-order valence-electron chi connectivity index (χ3n) is 4.98. The number of carbonyl (C=O) groups excluding carboxylic acids is 1. The molecule has 1 aromatic carbocycles. The number of nitrogens with zero attached hydrogens (tertiary/aromatic N) is 4. The first-order valence-corrected chi connectivity index (χ1v) is 10.5. The Hall–Kier alpha value is -3.32. The van der Waals surface area contributed by atoms with E-state index in [-0.39, 0.29) is 6.09 Å². The van der Waals surface area contributed by atoms with E-state index >= 15 is 0 Å². The van der Waals surface area contributed by atoms with Gasteiger partial charge in [-0.05, 0) is 35.9 Å². The summed E-state index contributed by atoms with van der Waals surface area (Å²) in [5.41, 5.74) is 1.10. The van der Waals surface area contributed by atoms with Crippen molar-refractivity contribution in [3.05, 3.63) is 77.6 Å². The number of hydrogen-bond acceptors (Lipinski definition) is 6. The maximum absolute atomic E-state index is 12.5. The summed E-state index contributed by atoms with van der Waals surface area (Å²) in [7, 11) is 0. The first kappa shape index (κ1) is 20.9. The van der Waals surface area contributed by atoms with Crippen molar-refractivity contribution in [3.8, 4) is 11.6 Å². The molecule has 0 N–H and O–H groups in total. The summed E-state index contributed by atoms with van der Waals surface area (Å²) in [6.07, 6.45) is 3.74. The zero-order chi connectivity index (χ0) is 21.5. The minimum Gasteiger partial charge on any atom is -0.477 e. The second-order valence-electron chi connectivity index (χ2n) is 7.09. The Morgan fingerprint density at radius 2 is 1.77 bits per heavy atom. The van der Waals surface area contributed by atoms with Crippen LogP contribution in [-0.4, -0.2) is 53.7 Å². The molecule has 1 aliphatic rings. The highest BCUT2D eigenvalue weighted by atomic mass is 35.5. The van der Waals surface area contributed by atoms with Gasteiger partial charge in [-0.3, -0.25) is 0 Å². The molecule has 3 aromatic rings. The van der Waals surface area contributed by atoms with Crippen LogP contribution in [0.1, 0.15) is 5.56 Å². The van der Waals surface area contributed by atoms with E-state index in [2.05, 4.69) is 14.9 Å². The third-order valence-corrected chi connectivity index (χ3v) is 5.20. The Kier molecular flexibility index (Phi) is 6.84. The van der Waals surface area contributed by atoms with Gasteiger partial charge < -0.3 is 19.3 Å². The molecular weight excluding hydrogens is 416 g/mol. The molecule has 1 amide bonds. The lowest BCUT2D eigenvalue weighted by molar-refractivity contribution is 0.149. The largest absolute Gasteiger partial charge is 0.477 e. The minimum absolute atomic E-state index is 0.338. The molecule has 0 bridgehead atoms. The van der Waals surface area contributed by atoms with Crippen LogP contribution < -0.4 is 14.4 Å². The number of benzene rings is 1. The molecule has 4 rings (SSSR count). The number of halogens is 1. The fourth-order valence-electron chi connectivity index (χ4n) is 3.27. The van der Waals surface area contributed by atoms with Gasteiger partial charge in [0.05, 0.1) is 11.6 Å². The summed E-state index contributed by atoms with van der Waals surface area (Å²) in [6, 6.07) is 16.8. The Morgan fingerprint density at radius 3 is 2.45 bits per heavy atom. The first-order chi connectivity index (χ1) is 15.2. The number of pyridine rings is 2. The fourth-order valence-corrected chi connectivity index (χ4v) is 3.38. The number of ether oxygens (including phenoxy) is 2. The van der Waals surface area contributed by atoms with E-state index in [9.17, 15) is 4.79 Å². The van der Waals surface area contributed by atoms with Crippen molar-refractivity contribution in [1.82, 2.24) is 14.9 Å². The van der Waals surface area contributed by atoms with E-state index in [1.807, 2.05) is 54.6 Å². The lowest BCUT2D eigenvalue weighted by atomic mass is 10.1. The molecule has 0 saturated carbocycles. The van der Waals surface area contributed by atoms with Gasteiger partial charge in [-0.15, -0.1) is 0 Å². The van der Waals surface area contributed by atoms with Crippen LogP contribution in [0.25, 0.3) is 0 Å². The molecule has 0 aliphatic carbocycles. The standard InChI is InChI=1S/C23H23ClN4O3/c24-19-6-9-21(26-17-19)27-12-14-28(15-13-27)23(29)31-20-7-4-18(5-8-20)10-16-30-22-3-1-2-11-25-22/h1-9,11,17H,10,12-16H2. The highest BCUT2D eigenvalue weighted by molar-refractivity contribution is 6.30. The molecule has 0 unspecified atom stereocenters. The Bertz CT molecular complexity index is 976. The summed E-state index contributed by atoms with van der Waals surface area (Å²) < 4.78 is 11.1. The predicted octanol–water partition coefficient (Wildman–Crippen LogP) is 4.07. The van der Waals surface area contributed by atoms with Crippen molar-refractivity contribution < 1.29 is 14.3 Å². The van der Waals surface area contributed by atoms with Crippen LogP contribution >= 0.6 is 11.6 Å². The van der Waals surface area contributed by atoms with Gasteiger partial charge in [0.25, 0.3) is 0 Å². The molecule has 3 heterocycles. The molecule has 8 heteroatoms. The highest BCUT2D eigenvalue weighted by Gasteiger charge is 2.23. The van der Waals surface area contributed by atoms with E-state index in [0.29, 0.717) is 49.4 Å². The van der Waals surface area contributed by atoms with Gasteiger partial charge in [-0.25, -0.2) is 14.8 Å². The maximum Gasteiger partial charge on any atom is 0.415 e. The van der Waals surface area contributed by atoms with Gasteiger partial charge in [0.2, 0.25) is 5.88 Å². The molecule has 160 valence electrons. The normalized spacial score (nSPS) is 13.7. The molecule has 2 aromatic heterocycles. The van der Waals surface area contributed by atoms with Crippen LogP contribution in [0.15, 0.2) is 67.0 Å². The van der Waals surface area contributed by atoms with E-state index in [1.165, 1.54) is 0 Å². The number of piperazine rings is 1. The van der Waals surface area contributed by atoms with Crippen molar-refractivity contribution in [3.63, 3.8) is 0 Å². The topological polar surface area (TPSA) is 67.8 Å². The van der Waals surface area contributed by atoms with Gasteiger partial charge in [-0.2, -0.15) is 0 Å². The van der Waals surface area contributed by atoms with Crippen molar-refractivity contribution >= 4 is 23.5 Å². The Morgan fingerprint density at radius 1 is 0.968 bits per heavy atom. The molecule has 31 heavy (non-hydrogen) atoms. The molecule has 0 radical (unpaired) electrons. The number of carbonyl (C=O) groups is 1. The summed E-state index contributed by atoms with van der Waals surface area (Å²) in [5, 5.41) is 0.609. The van der Waals surface area contributed by atoms with Crippen molar-refractivity contribution in [2.45, 2.75) is 6.42 Å². The smallest absolute Gasteiger partial charge is 0.415 e. The van der Waals surface area contributed by atoms with Crippen LogP contribution in [-0.2, 0) is 6.42 Å². The number of hydrogen-bond donors (Lipinski definition) is 0. The van der Waals surface area contributed by atoms with Crippen LogP contribution in [0.4, 0.5) is 10.6 Å². The molecule has 0 spiro atoms. The fraction of sp³-hybridized carbons (Fsp3) is 0.261. The number of aromatic nitrogens is 2. The Labute approximate surface area is 186 Å². The Balaban J connectivity index is 1.22. The lowest BCUT2D eigenvalue weighted by Crippen LogP contribution is -2.49. The van der Waals surface area contributed by atoms with Crippen molar-refractivity contribution in [2.75, 3.05) is 37.7 Å². The van der Waals surface area contributed by atoms with Gasteiger partial charge in [0, 0.05) is 51.1 Å². The quantitative estimate of drug-likeness (QED) is 0.577. The summed E-state index contributed by atoms with van der Waals surface area (Å²) in [5.74, 6) is 2.00. The number of rotatable bonds is 6. The molecule has 7 nitrogen and oxygen atoms in total. The molecule has 1 fully saturated rings. The van der Waals surface area contributed by atoms with Gasteiger partial charge in [0.15, 0.2) is 0 Å². The average molecular weight is 439 g/mol. The van der Waals surface area contributed by atoms with Gasteiger partial charge >= 0.3 is 6.09 Å². The second-order valence-corrected chi connectivity index (χ2v) is 7.52. The van der Waals surface area contributed by atoms with Crippen molar-refractivity contribution in [1.29, 1.82) is 0 Å². The van der Waals surface area contributed by atoms with E-state index in [4.69, 9.17) is 21.1 Å². The summed E-state index contributed by atoms with van der Waals surface area (Å²) in [4.78, 5) is 24.8. The molecule has 0 atom stereocenters. The minimum atomic E-state index is -0.338. The molecular formula is C23H23ClN4O3. The summed E-state index contributed by atoms with van der Waals surface area (Å²) >= 11 is 5.89. The zero-order valence-electron chi connectivity index (χ0n) is 17.0. The second kappa shape index (κ2) is 10.1. The van der Waals surface area contributed by atoms with E-state index < -0.39 is 0 Å². The maximum atomic E-state index is 12.5. The average Bonchev–Trinajstić information content (AvgIpc) is 2.81. The van der Waals surface area contributed by atoms with E-state index in [1.54, 1.807) is 17.3 Å². The van der Waals surface area contributed by atoms with Gasteiger partial charge in [-0.1, -0.05) is 29.8 Å².